The SMILES string of the molecule is Cl.O=C(NCc1ccc(N2CCCC2=O)cc1)C1CC12CCNCC2. The Morgan fingerprint density at radius 3 is 2.60 bits per heavy atom. The molecule has 2 aliphatic heterocycles. The minimum atomic E-state index is 0. The number of amides is 2. The summed E-state index contributed by atoms with van der Waals surface area (Å²) in [6.07, 6.45) is 4.90. The Bertz CT molecular complexity index is 641. The summed E-state index contributed by atoms with van der Waals surface area (Å²) in [7, 11) is 0. The molecule has 3 aliphatic rings. The molecule has 1 aromatic carbocycles. The van der Waals surface area contributed by atoms with Gasteiger partial charge in [0.05, 0.1) is 0 Å². The molecule has 2 amide bonds. The predicted octanol–water partition coefficient (Wildman–Crippen LogP) is 2.24. The summed E-state index contributed by atoms with van der Waals surface area (Å²) in [5.41, 5.74) is 2.33. The lowest BCUT2D eigenvalue weighted by Crippen LogP contribution is -2.33. The van der Waals surface area contributed by atoms with Gasteiger partial charge >= 0.3 is 0 Å². The first-order chi connectivity index (χ1) is 11.7. The summed E-state index contributed by atoms with van der Waals surface area (Å²) in [5.74, 6) is 0.619. The normalized spacial score (nSPS) is 24.1. The molecule has 136 valence electrons. The molecule has 1 unspecified atom stereocenters. The number of hydrogen-bond donors (Lipinski definition) is 2. The van der Waals surface area contributed by atoms with Crippen LogP contribution in [0.2, 0.25) is 0 Å². The van der Waals surface area contributed by atoms with E-state index in [0.29, 0.717) is 13.0 Å². The molecule has 1 saturated carbocycles. The van der Waals surface area contributed by atoms with Crippen molar-refractivity contribution in [1.82, 2.24) is 10.6 Å². The van der Waals surface area contributed by atoms with Gasteiger partial charge in [-0.1, -0.05) is 12.1 Å². The van der Waals surface area contributed by atoms with Crippen molar-refractivity contribution in [3.63, 3.8) is 0 Å². The smallest absolute Gasteiger partial charge is 0.227 e. The second-order valence-electron chi connectivity index (χ2n) is 7.40. The Kier molecular flexibility index (Phi) is 5.35. The van der Waals surface area contributed by atoms with Crippen molar-refractivity contribution < 1.29 is 9.59 Å². The summed E-state index contributed by atoms with van der Waals surface area (Å²) in [6, 6.07) is 7.98. The Hall–Kier alpha value is -1.59. The van der Waals surface area contributed by atoms with E-state index in [1.54, 1.807) is 0 Å². The lowest BCUT2D eigenvalue weighted by atomic mass is 9.92. The number of carbonyl (C=O) groups is 2. The fourth-order valence-corrected chi connectivity index (χ4v) is 4.22. The molecule has 1 aromatic rings. The zero-order valence-electron chi connectivity index (χ0n) is 14.4. The summed E-state index contributed by atoms with van der Waals surface area (Å²) in [6.45, 7) is 3.46. The van der Waals surface area contributed by atoms with E-state index in [4.69, 9.17) is 0 Å². The van der Waals surface area contributed by atoms with E-state index in [1.807, 2.05) is 29.2 Å². The maximum absolute atomic E-state index is 12.4. The van der Waals surface area contributed by atoms with Crippen molar-refractivity contribution in [3.05, 3.63) is 29.8 Å². The van der Waals surface area contributed by atoms with Crippen LogP contribution in [0.25, 0.3) is 0 Å². The number of rotatable bonds is 4. The number of benzene rings is 1. The minimum Gasteiger partial charge on any atom is -0.352 e. The molecule has 1 atom stereocenters. The molecule has 2 saturated heterocycles. The van der Waals surface area contributed by atoms with Crippen LogP contribution in [-0.4, -0.2) is 31.4 Å². The van der Waals surface area contributed by atoms with Gasteiger partial charge in [-0.05, 0) is 61.9 Å². The Morgan fingerprint density at radius 1 is 1.24 bits per heavy atom. The zero-order valence-corrected chi connectivity index (χ0v) is 15.2. The van der Waals surface area contributed by atoms with Crippen molar-refractivity contribution in [2.45, 2.75) is 38.6 Å². The topological polar surface area (TPSA) is 61.4 Å². The van der Waals surface area contributed by atoms with Gasteiger partial charge in [0.2, 0.25) is 11.8 Å². The third-order valence-corrected chi connectivity index (χ3v) is 5.89. The largest absolute Gasteiger partial charge is 0.352 e. The molecule has 2 N–H and O–H groups in total. The number of halogens is 1. The molecular weight excluding hydrogens is 338 g/mol. The van der Waals surface area contributed by atoms with Crippen LogP contribution in [-0.2, 0) is 16.1 Å². The van der Waals surface area contributed by atoms with Crippen LogP contribution < -0.4 is 15.5 Å². The average Bonchev–Trinajstić information content (AvgIpc) is 3.12. The highest BCUT2D eigenvalue weighted by Gasteiger charge is 2.57. The van der Waals surface area contributed by atoms with E-state index >= 15 is 0 Å². The molecule has 4 rings (SSSR count). The molecule has 2 heterocycles. The van der Waals surface area contributed by atoms with Crippen molar-refractivity contribution in [3.8, 4) is 0 Å². The maximum Gasteiger partial charge on any atom is 0.227 e. The fraction of sp³-hybridized carbons (Fsp3) is 0.579. The molecule has 5 nitrogen and oxygen atoms in total. The van der Waals surface area contributed by atoms with Gasteiger partial charge in [0.25, 0.3) is 0 Å². The van der Waals surface area contributed by atoms with Crippen LogP contribution in [0.1, 0.15) is 37.7 Å². The molecule has 1 spiro atoms. The Labute approximate surface area is 154 Å². The first kappa shape index (κ1) is 18.2. The monoisotopic (exact) mass is 363 g/mol. The van der Waals surface area contributed by atoms with Crippen LogP contribution in [0.5, 0.6) is 0 Å². The first-order valence-electron chi connectivity index (χ1n) is 9.06. The first-order valence-corrected chi connectivity index (χ1v) is 9.06. The van der Waals surface area contributed by atoms with Crippen LogP contribution in [0.3, 0.4) is 0 Å². The van der Waals surface area contributed by atoms with Gasteiger partial charge in [0, 0.05) is 31.1 Å². The number of hydrogen-bond acceptors (Lipinski definition) is 3. The molecule has 0 aromatic heterocycles. The van der Waals surface area contributed by atoms with Gasteiger partial charge in [0.1, 0.15) is 0 Å². The van der Waals surface area contributed by atoms with Gasteiger partial charge in [-0.25, -0.2) is 0 Å². The van der Waals surface area contributed by atoms with Gasteiger partial charge in [-0.2, -0.15) is 0 Å². The molecule has 1 aliphatic carbocycles. The van der Waals surface area contributed by atoms with E-state index in [2.05, 4.69) is 10.6 Å². The molecule has 0 bridgehead atoms. The lowest BCUT2D eigenvalue weighted by molar-refractivity contribution is -0.123. The molecule has 6 heteroatoms. The van der Waals surface area contributed by atoms with Crippen LogP contribution in [0.15, 0.2) is 24.3 Å². The van der Waals surface area contributed by atoms with Gasteiger partial charge in [0.15, 0.2) is 0 Å². The standard InChI is InChI=1S/C19H25N3O2.ClH/c23-17-2-1-11-22(17)15-5-3-14(4-6-15)13-21-18(24)16-12-19(16)7-9-20-10-8-19;/h3-6,16,20H,1-2,7-13H2,(H,21,24);1H. The van der Waals surface area contributed by atoms with Crippen LogP contribution in [0.4, 0.5) is 5.69 Å². The van der Waals surface area contributed by atoms with E-state index in [-0.39, 0.29) is 35.6 Å². The highest BCUT2D eigenvalue weighted by atomic mass is 35.5. The predicted molar refractivity (Wildman–Crippen MR) is 99.8 cm³/mol. The highest BCUT2D eigenvalue weighted by molar-refractivity contribution is 5.95. The van der Waals surface area contributed by atoms with Crippen molar-refractivity contribution >= 4 is 29.9 Å². The number of piperidine rings is 1. The van der Waals surface area contributed by atoms with Gasteiger partial charge < -0.3 is 15.5 Å². The Morgan fingerprint density at radius 2 is 1.96 bits per heavy atom. The quantitative estimate of drug-likeness (QED) is 0.862. The summed E-state index contributed by atoms with van der Waals surface area (Å²) >= 11 is 0. The summed E-state index contributed by atoms with van der Waals surface area (Å²) in [4.78, 5) is 26.0. The number of nitrogens with one attached hydrogen (secondary N) is 2. The van der Waals surface area contributed by atoms with Crippen molar-refractivity contribution in [2.24, 2.45) is 11.3 Å². The van der Waals surface area contributed by atoms with Gasteiger partial charge in [-0.15, -0.1) is 12.4 Å². The third-order valence-electron chi connectivity index (χ3n) is 5.89. The van der Waals surface area contributed by atoms with Crippen LogP contribution in [0, 0.1) is 11.3 Å². The lowest BCUT2D eigenvalue weighted by Gasteiger charge is -2.23. The van der Waals surface area contributed by atoms with E-state index < -0.39 is 0 Å². The minimum absolute atomic E-state index is 0. The van der Waals surface area contributed by atoms with E-state index in [1.165, 1.54) is 0 Å². The number of nitrogens with zero attached hydrogens (tertiary/aromatic N) is 1. The average molecular weight is 364 g/mol. The van der Waals surface area contributed by atoms with Gasteiger partial charge in [-0.3, -0.25) is 9.59 Å². The molecule has 3 fully saturated rings. The second kappa shape index (κ2) is 7.34. The van der Waals surface area contributed by atoms with Crippen LogP contribution >= 0.6 is 12.4 Å². The Balaban J connectivity index is 0.00000182. The summed E-state index contributed by atoms with van der Waals surface area (Å²) in [5, 5.41) is 6.46. The fourth-order valence-electron chi connectivity index (χ4n) is 4.22. The molecule has 0 radical (unpaired) electrons. The third kappa shape index (κ3) is 3.67. The molecular formula is C19H26ClN3O2. The van der Waals surface area contributed by atoms with Crippen molar-refractivity contribution in [1.29, 1.82) is 0 Å². The zero-order chi connectivity index (χ0) is 16.6. The highest BCUT2D eigenvalue weighted by Crippen LogP contribution is 2.58. The number of carbonyl (C=O) groups excluding carboxylic acids is 2. The maximum atomic E-state index is 12.4. The summed E-state index contributed by atoms with van der Waals surface area (Å²) < 4.78 is 0. The van der Waals surface area contributed by atoms with E-state index in [0.717, 1.165) is 56.6 Å². The second-order valence-corrected chi connectivity index (χ2v) is 7.40. The number of anilines is 1. The van der Waals surface area contributed by atoms with E-state index in [9.17, 15) is 9.59 Å². The van der Waals surface area contributed by atoms with Crippen molar-refractivity contribution in [2.75, 3.05) is 24.5 Å². The molecule has 25 heavy (non-hydrogen) atoms.